The highest BCUT2D eigenvalue weighted by atomic mass is 16.2. The maximum absolute atomic E-state index is 11.9. The Balaban J connectivity index is 1.74. The lowest BCUT2D eigenvalue weighted by Gasteiger charge is -2.22. The highest BCUT2D eigenvalue weighted by Crippen LogP contribution is 2.17. The summed E-state index contributed by atoms with van der Waals surface area (Å²) in [4.78, 5) is 34.7. The summed E-state index contributed by atoms with van der Waals surface area (Å²) in [5.74, 6) is -0.506. The highest BCUT2D eigenvalue weighted by Gasteiger charge is 2.15. The molecule has 0 atom stereocenters. The quantitative estimate of drug-likeness (QED) is 0.665. The number of carbonyl (C=O) groups is 3. The van der Waals surface area contributed by atoms with Crippen LogP contribution in [0.25, 0.3) is 0 Å². The molecule has 1 aliphatic carbocycles. The summed E-state index contributed by atoms with van der Waals surface area (Å²) >= 11 is 0. The van der Waals surface area contributed by atoms with Crippen molar-refractivity contribution in [2.75, 3.05) is 17.2 Å². The van der Waals surface area contributed by atoms with Crippen LogP contribution in [0.2, 0.25) is 0 Å². The van der Waals surface area contributed by atoms with E-state index in [1.807, 2.05) is 0 Å². The summed E-state index contributed by atoms with van der Waals surface area (Å²) in [6.07, 6.45) is 5.48. The van der Waals surface area contributed by atoms with Crippen LogP contribution in [0.5, 0.6) is 0 Å². The van der Waals surface area contributed by atoms with Gasteiger partial charge in [0.25, 0.3) is 0 Å². The molecule has 0 spiro atoms. The number of benzene rings is 1. The third kappa shape index (κ3) is 6.28. The average Bonchev–Trinajstić information content (AvgIpc) is 2.53. The molecule has 0 heterocycles. The van der Waals surface area contributed by atoms with Gasteiger partial charge in [0.1, 0.15) is 0 Å². The van der Waals surface area contributed by atoms with E-state index >= 15 is 0 Å². The van der Waals surface area contributed by atoms with Gasteiger partial charge in [-0.15, -0.1) is 0 Å². The lowest BCUT2D eigenvalue weighted by atomic mass is 9.96. The summed E-state index contributed by atoms with van der Waals surface area (Å²) in [5.41, 5.74) is 1.16. The molecule has 2 rings (SSSR count). The number of anilines is 2. The largest absolute Gasteiger partial charge is 0.335 e. The monoisotopic (exact) mass is 332 g/mol. The van der Waals surface area contributed by atoms with Crippen LogP contribution in [-0.2, 0) is 9.59 Å². The molecule has 0 unspecified atom stereocenters. The first-order chi connectivity index (χ1) is 11.5. The number of nitrogens with one attached hydrogen (secondary N) is 4. The summed E-state index contributed by atoms with van der Waals surface area (Å²) < 4.78 is 0. The summed E-state index contributed by atoms with van der Waals surface area (Å²) in [7, 11) is 0. The van der Waals surface area contributed by atoms with Crippen molar-refractivity contribution in [2.24, 2.45) is 0 Å². The van der Waals surface area contributed by atoms with Gasteiger partial charge in [0.2, 0.25) is 11.8 Å². The molecule has 24 heavy (non-hydrogen) atoms. The molecule has 130 valence electrons. The van der Waals surface area contributed by atoms with Crippen molar-refractivity contribution in [3.8, 4) is 0 Å². The number of hydrogen-bond acceptors (Lipinski definition) is 3. The average molecular weight is 332 g/mol. The first-order valence-electron chi connectivity index (χ1n) is 8.25. The molecule has 1 saturated carbocycles. The number of amides is 4. The van der Waals surface area contributed by atoms with E-state index in [0.29, 0.717) is 11.4 Å². The third-order valence-corrected chi connectivity index (χ3v) is 3.82. The van der Waals surface area contributed by atoms with Gasteiger partial charge in [0.05, 0.1) is 6.54 Å². The van der Waals surface area contributed by atoms with Crippen molar-refractivity contribution >= 4 is 29.2 Å². The maximum Gasteiger partial charge on any atom is 0.315 e. The molecule has 1 aromatic rings. The van der Waals surface area contributed by atoms with E-state index in [1.165, 1.54) is 13.3 Å². The number of rotatable bonds is 5. The summed E-state index contributed by atoms with van der Waals surface area (Å²) in [6.45, 7) is 1.31. The number of carbonyl (C=O) groups excluding carboxylic acids is 3. The van der Waals surface area contributed by atoms with Crippen molar-refractivity contribution in [2.45, 2.75) is 45.1 Å². The van der Waals surface area contributed by atoms with Gasteiger partial charge in [0, 0.05) is 24.3 Å². The Kier molecular flexibility index (Phi) is 6.60. The number of urea groups is 1. The molecule has 0 bridgehead atoms. The molecule has 0 aliphatic heterocycles. The topological polar surface area (TPSA) is 99.3 Å². The van der Waals surface area contributed by atoms with Crippen LogP contribution >= 0.6 is 0 Å². The SMILES string of the molecule is CC(=O)Nc1cccc(NC(=O)CNC(=O)NC2CCCCC2)c1. The van der Waals surface area contributed by atoms with Gasteiger partial charge in [-0.2, -0.15) is 0 Å². The summed E-state index contributed by atoms with van der Waals surface area (Å²) in [5, 5.41) is 10.8. The van der Waals surface area contributed by atoms with Gasteiger partial charge in [-0.1, -0.05) is 25.3 Å². The van der Waals surface area contributed by atoms with Gasteiger partial charge in [-0.3, -0.25) is 9.59 Å². The van der Waals surface area contributed by atoms with E-state index in [0.717, 1.165) is 25.7 Å². The van der Waals surface area contributed by atoms with Crippen molar-refractivity contribution < 1.29 is 14.4 Å². The normalized spacial score (nSPS) is 14.5. The molecule has 4 amide bonds. The van der Waals surface area contributed by atoms with Crippen LogP contribution in [0.4, 0.5) is 16.2 Å². The van der Waals surface area contributed by atoms with Crippen LogP contribution in [0.15, 0.2) is 24.3 Å². The molecular weight excluding hydrogens is 308 g/mol. The second kappa shape index (κ2) is 8.90. The van der Waals surface area contributed by atoms with Crippen molar-refractivity contribution in [3.05, 3.63) is 24.3 Å². The van der Waals surface area contributed by atoms with E-state index in [9.17, 15) is 14.4 Å². The van der Waals surface area contributed by atoms with Gasteiger partial charge >= 0.3 is 6.03 Å². The van der Waals surface area contributed by atoms with Crippen molar-refractivity contribution in [3.63, 3.8) is 0 Å². The lowest BCUT2D eigenvalue weighted by molar-refractivity contribution is -0.115. The smallest absolute Gasteiger partial charge is 0.315 e. The fourth-order valence-electron chi connectivity index (χ4n) is 2.73. The van der Waals surface area contributed by atoms with E-state index in [-0.39, 0.29) is 30.4 Å². The third-order valence-electron chi connectivity index (χ3n) is 3.82. The maximum atomic E-state index is 11.9. The fraction of sp³-hybridized carbons (Fsp3) is 0.471. The van der Waals surface area contributed by atoms with Crippen LogP contribution in [-0.4, -0.2) is 30.4 Å². The Bertz CT molecular complexity index is 597. The first kappa shape index (κ1) is 17.8. The number of hydrogen-bond donors (Lipinski definition) is 4. The van der Waals surface area contributed by atoms with Crippen LogP contribution in [0, 0.1) is 0 Å². The molecule has 4 N–H and O–H groups in total. The van der Waals surface area contributed by atoms with Crippen molar-refractivity contribution in [1.29, 1.82) is 0 Å². The Morgan fingerprint density at radius 1 is 1.04 bits per heavy atom. The first-order valence-corrected chi connectivity index (χ1v) is 8.25. The predicted molar refractivity (Wildman–Crippen MR) is 92.8 cm³/mol. The van der Waals surface area contributed by atoms with Crippen LogP contribution < -0.4 is 21.3 Å². The molecule has 7 nitrogen and oxygen atoms in total. The summed E-state index contributed by atoms with van der Waals surface area (Å²) in [6, 6.07) is 6.71. The molecule has 1 fully saturated rings. The van der Waals surface area contributed by atoms with Crippen molar-refractivity contribution in [1.82, 2.24) is 10.6 Å². The minimum atomic E-state index is -0.325. The Morgan fingerprint density at radius 3 is 2.38 bits per heavy atom. The zero-order valence-corrected chi connectivity index (χ0v) is 13.9. The Morgan fingerprint density at radius 2 is 1.71 bits per heavy atom. The van der Waals surface area contributed by atoms with Gasteiger partial charge in [0.15, 0.2) is 0 Å². The van der Waals surface area contributed by atoms with E-state index in [2.05, 4.69) is 21.3 Å². The molecule has 0 radical (unpaired) electrons. The van der Waals surface area contributed by atoms with E-state index in [1.54, 1.807) is 24.3 Å². The fourth-order valence-corrected chi connectivity index (χ4v) is 2.73. The Hall–Kier alpha value is -2.57. The zero-order chi connectivity index (χ0) is 17.4. The van der Waals surface area contributed by atoms with E-state index in [4.69, 9.17) is 0 Å². The molecule has 1 aliphatic rings. The van der Waals surface area contributed by atoms with Gasteiger partial charge in [-0.05, 0) is 31.0 Å². The molecule has 7 heteroatoms. The van der Waals surface area contributed by atoms with Crippen LogP contribution in [0.1, 0.15) is 39.0 Å². The minimum absolute atomic E-state index is 0.108. The predicted octanol–water partition coefficient (Wildman–Crippen LogP) is 2.22. The minimum Gasteiger partial charge on any atom is -0.335 e. The van der Waals surface area contributed by atoms with E-state index < -0.39 is 0 Å². The standard InChI is InChI=1S/C17H24N4O3/c1-12(22)19-14-8-5-9-15(10-14)20-16(23)11-18-17(24)21-13-6-3-2-4-7-13/h5,8-10,13H,2-4,6-7,11H2,1H3,(H,19,22)(H,20,23)(H2,18,21,24). The molecule has 0 saturated heterocycles. The van der Waals surface area contributed by atoms with Gasteiger partial charge < -0.3 is 21.3 Å². The lowest BCUT2D eigenvalue weighted by Crippen LogP contribution is -2.45. The van der Waals surface area contributed by atoms with Crippen LogP contribution in [0.3, 0.4) is 0 Å². The Labute approximate surface area is 141 Å². The molecule has 1 aromatic carbocycles. The highest BCUT2D eigenvalue weighted by molar-refractivity contribution is 5.95. The molecular formula is C17H24N4O3. The zero-order valence-electron chi connectivity index (χ0n) is 13.9. The van der Waals surface area contributed by atoms with Gasteiger partial charge in [-0.25, -0.2) is 4.79 Å². The molecule has 0 aromatic heterocycles. The second-order valence-electron chi connectivity index (χ2n) is 5.97. The second-order valence-corrected chi connectivity index (χ2v) is 5.97.